The predicted molar refractivity (Wildman–Crippen MR) is 73.6 cm³/mol. The van der Waals surface area contributed by atoms with Crippen LogP contribution in [0.3, 0.4) is 0 Å². The van der Waals surface area contributed by atoms with Crippen molar-refractivity contribution in [2.24, 2.45) is 11.7 Å². The van der Waals surface area contributed by atoms with E-state index >= 15 is 0 Å². The highest BCUT2D eigenvalue weighted by atomic mass is 16.4. The van der Waals surface area contributed by atoms with Gasteiger partial charge in [0.15, 0.2) is 0 Å². The summed E-state index contributed by atoms with van der Waals surface area (Å²) >= 11 is 0. The summed E-state index contributed by atoms with van der Waals surface area (Å²) in [5, 5.41) is 9.19. The number of rotatable bonds is 5. The van der Waals surface area contributed by atoms with E-state index in [0.29, 0.717) is 12.3 Å². The lowest BCUT2D eigenvalue weighted by Crippen LogP contribution is -2.28. The van der Waals surface area contributed by atoms with Crippen LogP contribution in [0.15, 0.2) is 18.2 Å². The fourth-order valence-corrected chi connectivity index (χ4v) is 2.18. The molecule has 1 aromatic carbocycles. The number of aryl methyl sites for hydroxylation is 1. The van der Waals surface area contributed by atoms with E-state index in [1.165, 1.54) is 5.56 Å². The van der Waals surface area contributed by atoms with Crippen LogP contribution in [-0.2, 0) is 4.79 Å². The molecule has 0 amide bonds. The van der Waals surface area contributed by atoms with Crippen molar-refractivity contribution in [3.63, 3.8) is 0 Å². The molecule has 3 nitrogen and oxygen atoms in total. The summed E-state index contributed by atoms with van der Waals surface area (Å²) in [7, 11) is 0. The average molecular weight is 249 g/mol. The number of hydrogen-bond donors (Lipinski definition) is 2. The van der Waals surface area contributed by atoms with Crippen LogP contribution in [0.4, 0.5) is 0 Å². The lowest BCUT2D eigenvalue weighted by Gasteiger charge is -2.22. The van der Waals surface area contributed by atoms with Crippen LogP contribution in [0.1, 0.15) is 55.8 Å². The first kappa shape index (κ1) is 14.7. The molecule has 18 heavy (non-hydrogen) atoms. The molecule has 1 rings (SSSR count). The summed E-state index contributed by atoms with van der Waals surface area (Å²) in [6, 6.07) is 5.72. The molecule has 0 saturated carbocycles. The van der Waals surface area contributed by atoms with Crippen molar-refractivity contribution in [2.45, 2.75) is 46.1 Å². The maximum Gasteiger partial charge on any atom is 0.308 e. The van der Waals surface area contributed by atoms with Gasteiger partial charge in [-0.25, -0.2) is 0 Å². The van der Waals surface area contributed by atoms with Crippen molar-refractivity contribution in [3.05, 3.63) is 34.9 Å². The highest BCUT2D eigenvalue weighted by Gasteiger charge is 2.25. The topological polar surface area (TPSA) is 63.3 Å². The fraction of sp³-hybridized carbons (Fsp3) is 0.533. The van der Waals surface area contributed by atoms with Gasteiger partial charge in [-0.3, -0.25) is 4.79 Å². The summed E-state index contributed by atoms with van der Waals surface area (Å²) in [6.45, 7) is 8.08. The monoisotopic (exact) mass is 249 g/mol. The van der Waals surface area contributed by atoms with Gasteiger partial charge in [0.25, 0.3) is 0 Å². The number of carboxylic acids is 1. The molecular weight excluding hydrogens is 226 g/mol. The van der Waals surface area contributed by atoms with Gasteiger partial charge < -0.3 is 10.8 Å². The van der Waals surface area contributed by atoms with Crippen LogP contribution >= 0.6 is 0 Å². The first-order chi connectivity index (χ1) is 8.38. The zero-order valence-corrected chi connectivity index (χ0v) is 11.6. The number of aliphatic carboxylic acids is 1. The van der Waals surface area contributed by atoms with Crippen molar-refractivity contribution >= 4 is 5.97 Å². The van der Waals surface area contributed by atoms with Gasteiger partial charge in [-0.1, -0.05) is 39.0 Å². The first-order valence-electron chi connectivity index (χ1n) is 6.47. The Balaban J connectivity index is 3.14. The summed E-state index contributed by atoms with van der Waals surface area (Å²) in [5.74, 6) is -0.924. The zero-order valence-electron chi connectivity index (χ0n) is 11.6. The molecular formula is C15H23NO2. The molecule has 3 N–H and O–H groups in total. The quantitative estimate of drug-likeness (QED) is 0.842. The number of hydrogen-bond acceptors (Lipinski definition) is 2. The number of nitrogens with two attached hydrogens (primary N) is 1. The van der Waals surface area contributed by atoms with Crippen molar-refractivity contribution in [1.29, 1.82) is 0 Å². The highest BCUT2D eigenvalue weighted by Crippen LogP contribution is 2.28. The number of benzene rings is 1. The molecule has 0 aliphatic heterocycles. The van der Waals surface area contributed by atoms with Crippen molar-refractivity contribution < 1.29 is 9.90 Å². The first-order valence-corrected chi connectivity index (χ1v) is 6.47. The number of carbonyl (C=O) groups is 1. The summed E-state index contributed by atoms with van der Waals surface area (Å²) in [6.07, 6.45) is 0.543. The second kappa shape index (κ2) is 6.01. The molecule has 3 heteroatoms. The minimum Gasteiger partial charge on any atom is -0.481 e. The van der Waals surface area contributed by atoms with Crippen LogP contribution in [0.5, 0.6) is 0 Å². The van der Waals surface area contributed by atoms with Gasteiger partial charge in [0.1, 0.15) is 0 Å². The van der Waals surface area contributed by atoms with Gasteiger partial charge in [0.2, 0.25) is 0 Å². The average Bonchev–Trinajstić information content (AvgIpc) is 2.29. The highest BCUT2D eigenvalue weighted by molar-refractivity contribution is 5.71. The molecule has 0 fully saturated rings. The van der Waals surface area contributed by atoms with E-state index < -0.39 is 17.9 Å². The molecule has 0 heterocycles. The molecule has 1 aromatic rings. The summed E-state index contributed by atoms with van der Waals surface area (Å²) < 4.78 is 0. The SMILES string of the molecule is CCC(C(=O)O)C(N)c1cc(C(C)C)ccc1C. The Bertz CT molecular complexity index is 427. The molecule has 0 spiro atoms. The second-order valence-electron chi connectivity index (χ2n) is 5.15. The zero-order chi connectivity index (χ0) is 13.9. The molecule has 100 valence electrons. The van der Waals surface area contributed by atoms with Crippen molar-refractivity contribution in [3.8, 4) is 0 Å². The van der Waals surface area contributed by atoms with Crippen LogP contribution < -0.4 is 5.73 Å². The maximum atomic E-state index is 11.2. The fourth-order valence-electron chi connectivity index (χ4n) is 2.18. The van der Waals surface area contributed by atoms with Gasteiger partial charge >= 0.3 is 5.97 Å². The van der Waals surface area contributed by atoms with E-state index in [4.69, 9.17) is 5.73 Å². The normalized spacial score (nSPS) is 14.6. The van der Waals surface area contributed by atoms with Gasteiger partial charge in [0, 0.05) is 6.04 Å². The van der Waals surface area contributed by atoms with Crippen LogP contribution in [0.25, 0.3) is 0 Å². The van der Waals surface area contributed by atoms with E-state index in [9.17, 15) is 9.90 Å². The molecule has 0 aromatic heterocycles. The largest absolute Gasteiger partial charge is 0.481 e. The van der Waals surface area contributed by atoms with E-state index in [1.807, 2.05) is 19.9 Å². The second-order valence-corrected chi connectivity index (χ2v) is 5.15. The van der Waals surface area contributed by atoms with Crippen molar-refractivity contribution in [2.75, 3.05) is 0 Å². The standard InChI is InChI=1S/C15H23NO2/c1-5-12(15(17)18)14(16)13-8-11(9(2)3)7-6-10(13)4/h6-9,12,14H,5,16H2,1-4H3,(H,17,18). The lowest BCUT2D eigenvalue weighted by molar-refractivity contribution is -0.142. The Hall–Kier alpha value is -1.35. The molecule has 0 aliphatic carbocycles. The molecule has 0 saturated heterocycles. The number of carboxylic acid groups (broad SMARTS) is 1. The molecule has 0 aliphatic rings. The third-order valence-electron chi connectivity index (χ3n) is 3.52. The molecule has 2 atom stereocenters. The minimum absolute atomic E-state index is 0.418. The smallest absolute Gasteiger partial charge is 0.308 e. The van der Waals surface area contributed by atoms with Gasteiger partial charge in [-0.05, 0) is 36.0 Å². The Morgan fingerprint density at radius 3 is 2.44 bits per heavy atom. The van der Waals surface area contributed by atoms with Crippen LogP contribution in [-0.4, -0.2) is 11.1 Å². The third kappa shape index (κ3) is 3.10. The van der Waals surface area contributed by atoms with E-state index in [-0.39, 0.29) is 0 Å². The molecule has 0 radical (unpaired) electrons. The van der Waals surface area contributed by atoms with E-state index in [2.05, 4.69) is 26.0 Å². The summed E-state index contributed by atoms with van der Waals surface area (Å²) in [4.78, 5) is 11.2. The predicted octanol–water partition coefficient (Wildman–Crippen LogP) is 3.23. The van der Waals surface area contributed by atoms with Crippen LogP contribution in [0.2, 0.25) is 0 Å². The molecule has 0 bridgehead atoms. The van der Waals surface area contributed by atoms with Gasteiger partial charge in [-0.15, -0.1) is 0 Å². The maximum absolute atomic E-state index is 11.2. The minimum atomic E-state index is -0.820. The third-order valence-corrected chi connectivity index (χ3v) is 3.52. The summed E-state index contributed by atoms with van der Waals surface area (Å²) in [5.41, 5.74) is 9.36. The van der Waals surface area contributed by atoms with Crippen molar-refractivity contribution in [1.82, 2.24) is 0 Å². The Kier molecular flexibility index (Phi) is 4.91. The van der Waals surface area contributed by atoms with Gasteiger partial charge in [0.05, 0.1) is 5.92 Å². The Morgan fingerprint density at radius 1 is 1.39 bits per heavy atom. The lowest BCUT2D eigenvalue weighted by atomic mass is 9.87. The van der Waals surface area contributed by atoms with E-state index in [1.54, 1.807) is 0 Å². The van der Waals surface area contributed by atoms with Gasteiger partial charge in [-0.2, -0.15) is 0 Å². The molecule has 2 unspecified atom stereocenters. The Morgan fingerprint density at radius 2 is 2.00 bits per heavy atom. The van der Waals surface area contributed by atoms with Crippen LogP contribution in [0, 0.1) is 12.8 Å². The Labute approximate surface area is 109 Å². The van der Waals surface area contributed by atoms with E-state index in [0.717, 1.165) is 11.1 Å².